The van der Waals surface area contributed by atoms with E-state index < -0.39 is 11.6 Å². The highest BCUT2D eigenvalue weighted by Gasteiger charge is 2.11. The first kappa shape index (κ1) is 11.2. The average Bonchev–Trinajstić information content (AvgIpc) is 2.70. The second-order valence-corrected chi connectivity index (χ2v) is 3.57. The van der Waals surface area contributed by atoms with Crippen LogP contribution in [0.1, 0.15) is 13.3 Å². The normalized spacial score (nSPS) is 10.6. The van der Waals surface area contributed by atoms with Gasteiger partial charge < -0.3 is 9.55 Å². The number of fused-ring (bicyclic) bond motifs is 1. The quantitative estimate of drug-likeness (QED) is 0.730. The number of nitrogens with zero attached hydrogens (tertiary/aromatic N) is 3. The minimum Gasteiger partial charge on any atom is -0.315 e. The summed E-state index contributed by atoms with van der Waals surface area (Å²) in [7, 11) is 0. The molecule has 0 saturated carbocycles. The molecule has 2 aromatic rings. The highest BCUT2D eigenvalue weighted by atomic mass is 16.2. The summed E-state index contributed by atoms with van der Waals surface area (Å²) in [5.74, 6) is -0.920. The van der Waals surface area contributed by atoms with Crippen molar-refractivity contribution >= 4 is 22.7 Å². The summed E-state index contributed by atoms with van der Waals surface area (Å²) < 4.78 is 1.57. The molecule has 0 radical (unpaired) electrons. The molecule has 0 fully saturated rings. The number of carbonyl (C=O) groups is 2. The number of aryl methyl sites for hydroxylation is 1. The SMILES string of the molecule is CC(=O)C(=O)CCn1cnc2c(=O)[nH]cnc21. The number of hydrogen-bond donors (Lipinski definition) is 1. The molecular weight excluding hydrogens is 224 g/mol. The van der Waals surface area contributed by atoms with Crippen molar-refractivity contribution in [2.75, 3.05) is 0 Å². The van der Waals surface area contributed by atoms with Crippen LogP contribution in [-0.4, -0.2) is 31.1 Å². The minimum absolute atomic E-state index is 0.0786. The van der Waals surface area contributed by atoms with Gasteiger partial charge in [0.2, 0.25) is 0 Å². The molecular formula is C10H10N4O3. The Balaban J connectivity index is 2.26. The van der Waals surface area contributed by atoms with Crippen LogP contribution in [-0.2, 0) is 16.1 Å². The van der Waals surface area contributed by atoms with Gasteiger partial charge in [-0.05, 0) is 0 Å². The fraction of sp³-hybridized carbons (Fsp3) is 0.300. The number of H-pyrrole nitrogens is 1. The fourth-order valence-electron chi connectivity index (χ4n) is 1.45. The van der Waals surface area contributed by atoms with Gasteiger partial charge in [0, 0.05) is 19.9 Å². The van der Waals surface area contributed by atoms with Crippen molar-refractivity contribution in [1.29, 1.82) is 0 Å². The molecule has 2 aromatic heterocycles. The molecule has 0 amide bonds. The molecule has 88 valence electrons. The van der Waals surface area contributed by atoms with Gasteiger partial charge in [-0.15, -0.1) is 0 Å². The van der Waals surface area contributed by atoms with Crippen molar-refractivity contribution in [3.63, 3.8) is 0 Å². The van der Waals surface area contributed by atoms with E-state index in [0.29, 0.717) is 5.65 Å². The Bertz CT molecular complexity index is 640. The Morgan fingerprint density at radius 3 is 2.88 bits per heavy atom. The van der Waals surface area contributed by atoms with E-state index >= 15 is 0 Å². The molecule has 0 atom stereocenters. The van der Waals surface area contributed by atoms with Crippen LogP contribution in [0.25, 0.3) is 11.2 Å². The van der Waals surface area contributed by atoms with E-state index in [9.17, 15) is 14.4 Å². The van der Waals surface area contributed by atoms with Gasteiger partial charge in [0.05, 0.1) is 12.7 Å². The molecule has 0 aliphatic heterocycles. The van der Waals surface area contributed by atoms with Gasteiger partial charge >= 0.3 is 0 Å². The molecule has 7 nitrogen and oxygen atoms in total. The van der Waals surface area contributed by atoms with Crippen molar-refractivity contribution < 1.29 is 9.59 Å². The fourth-order valence-corrected chi connectivity index (χ4v) is 1.45. The Labute approximate surface area is 95.5 Å². The van der Waals surface area contributed by atoms with Crippen molar-refractivity contribution in [2.45, 2.75) is 19.9 Å². The first-order valence-corrected chi connectivity index (χ1v) is 5.02. The summed E-state index contributed by atoms with van der Waals surface area (Å²) in [6.45, 7) is 1.52. The van der Waals surface area contributed by atoms with E-state index in [2.05, 4.69) is 15.0 Å². The maximum Gasteiger partial charge on any atom is 0.278 e. The van der Waals surface area contributed by atoms with E-state index in [4.69, 9.17) is 0 Å². The molecule has 0 spiro atoms. The number of Topliss-reactive ketones (excluding diaryl/α,β-unsaturated/α-hetero) is 2. The lowest BCUT2D eigenvalue weighted by atomic mass is 10.2. The highest BCUT2D eigenvalue weighted by molar-refractivity contribution is 6.36. The third-order valence-electron chi connectivity index (χ3n) is 2.38. The molecule has 0 aliphatic carbocycles. The van der Waals surface area contributed by atoms with Gasteiger partial charge in [0.25, 0.3) is 5.56 Å². The Hall–Kier alpha value is -2.31. The number of ketones is 2. The number of hydrogen-bond acceptors (Lipinski definition) is 5. The van der Waals surface area contributed by atoms with Crippen molar-refractivity contribution in [3.8, 4) is 0 Å². The van der Waals surface area contributed by atoms with Crippen molar-refractivity contribution in [3.05, 3.63) is 23.0 Å². The van der Waals surface area contributed by atoms with Crippen LogP contribution >= 0.6 is 0 Å². The summed E-state index contributed by atoms with van der Waals surface area (Å²) in [5.41, 5.74) is 0.305. The number of aromatic amines is 1. The zero-order valence-electron chi connectivity index (χ0n) is 9.14. The predicted molar refractivity (Wildman–Crippen MR) is 58.5 cm³/mol. The predicted octanol–water partition coefficient (Wildman–Crippen LogP) is -0.332. The summed E-state index contributed by atoms with van der Waals surface area (Å²) >= 11 is 0. The zero-order valence-corrected chi connectivity index (χ0v) is 9.14. The molecule has 2 rings (SSSR count). The Morgan fingerprint density at radius 2 is 2.18 bits per heavy atom. The molecule has 17 heavy (non-hydrogen) atoms. The average molecular weight is 234 g/mol. The Morgan fingerprint density at radius 1 is 1.41 bits per heavy atom. The molecule has 0 aromatic carbocycles. The van der Waals surface area contributed by atoms with Crippen LogP contribution in [0.15, 0.2) is 17.4 Å². The molecule has 0 unspecified atom stereocenters. The molecule has 1 N–H and O–H groups in total. The molecule has 0 bridgehead atoms. The molecule has 2 heterocycles. The Kier molecular flexibility index (Phi) is 2.82. The van der Waals surface area contributed by atoms with Crippen LogP contribution in [0.5, 0.6) is 0 Å². The van der Waals surface area contributed by atoms with Crippen LogP contribution in [0.2, 0.25) is 0 Å². The topological polar surface area (TPSA) is 97.7 Å². The second kappa shape index (κ2) is 4.28. The standard InChI is InChI=1S/C10H10N4O3/c1-6(15)7(16)2-3-14-5-13-8-9(14)11-4-12-10(8)17/h4-5H,2-3H2,1H3,(H,11,12,17). The van der Waals surface area contributed by atoms with Crippen molar-refractivity contribution in [1.82, 2.24) is 19.5 Å². The number of nitrogens with one attached hydrogen (secondary N) is 1. The monoisotopic (exact) mass is 234 g/mol. The maximum absolute atomic E-state index is 11.3. The molecule has 0 aliphatic rings. The highest BCUT2D eigenvalue weighted by Crippen LogP contribution is 2.04. The van der Waals surface area contributed by atoms with E-state index in [1.807, 2.05) is 0 Å². The lowest BCUT2D eigenvalue weighted by molar-refractivity contribution is -0.135. The van der Waals surface area contributed by atoms with Gasteiger partial charge in [0.15, 0.2) is 22.7 Å². The molecule has 7 heteroatoms. The first-order valence-electron chi connectivity index (χ1n) is 5.02. The van der Waals surface area contributed by atoms with E-state index in [1.165, 1.54) is 19.6 Å². The van der Waals surface area contributed by atoms with Gasteiger partial charge in [0.1, 0.15) is 0 Å². The minimum atomic E-state index is -0.472. The lowest BCUT2D eigenvalue weighted by Crippen LogP contribution is -2.13. The third-order valence-corrected chi connectivity index (χ3v) is 2.38. The second-order valence-electron chi connectivity index (χ2n) is 3.57. The van der Waals surface area contributed by atoms with E-state index in [1.54, 1.807) is 4.57 Å². The molecule has 0 saturated heterocycles. The number of imidazole rings is 1. The summed E-state index contributed by atoms with van der Waals surface area (Å²) in [5, 5.41) is 0. The van der Waals surface area contributed by atoms with Crippen LogP contribution in [0.4, 0.5) is 0 Å². The van der Waals surface area contributed by atoms with Gasteiger partial charge in [-0.2, -0.15) is 0 Å². The zero-order chi connectivity index (χ0) is 12.4. The van der Waals surface area contributed by atoms with Gasteiger partial charge in [-0.25, -0.2) is 9.97 Å². The lowest BCUT2D eigenvalue weighted by Gasteiger charge is -2.00. The first-order chi connectivity index (χ1) is 8.09. The smallest absolute Gasteiger partial charge is 0.278 e. The van der Waals surface area contributed by atoms with Gasteiger partial charge in [-0.3, -0.25) is 14.4 Å². The summed E-state index contributed by atoms with van der Waals surface area (Å²) in [4.78, 5) is 43.6. The maximum atomic E-state index is 11.3. The number of carbonyl (C=O) groups excluding carboxylic acids is 2. The van der Waals surface area contributed by atoms with Crippen LogP contribution in [0.3, 0.4) is 0 Å². The van der Waals surface area contributed by atoms with Crippen molar-refractivity contribution in [2.24, 2.45) is 0 Å². The largest absolute Gasteiger partial charge is 0.315 e. The van der Waals surface area contributed by atoms with Crippen LogP contribution < -0.4 is 5.56 Å². The third kappa shape index (κ3) is 2.12. The van der Waals surface area contributed by atoms with E-state index in [-0.39, 0.29) is 24.0 Å². The van der Waals surface area contributed by atoms with Crippen LogP contribution in [0, 0.1) is 0 Å². The summed E-state index contributed by atoms with van der Waals surface area (Å²) in [6.07, 6.45) is 2.78. The number of aromatic nitrogens is 4. The van der Waals surface area contributed by atoms with E-state index in [0.717, 1.165) is 0 Å². The number of rotatable bonds is 4. The van der Waals surface area contributed by atoms with Gasteiger partial charge in [-0.1, -0.05) is 0 Å². The summed E-state index contributed by atoms with van der Waals surface area (Å²) in [6, 6.07) is 0.